The first-order chi connectivity index (χ1) is 14.1. The minimum absolute atomic E-state index is 0.309. The molecule has 1 aliphatic heterocycles. The van der Waals surface area contributed by atoms with Crippen LogP contribution in [0.5, 0.6) is 0 Å². The molecule has 0 unspecified atom stereocenters. The number of benzene rings is 1. The quantitative estimate of drug-likeness (QED) is 0.523. The van der Waals surface area contributed by atoms with Crippen LogP contribution in [0.15, 0.2) is 33.7 Å². The van der Waals surface area contributed by atoms with E-state index < -0.39 is 0 Å². The molecule has 6 nitrogen and oxygen atoms in total. The van der Waals surface area contributed by atoms with E-state index >= 15 is 0 Å². The molecule has 0 radical (unpaired) electrons. The Bertz CT molecular complexity index is 791. The van der Waals surface area contributed by atoms with Crippen LogP contribution in [-0.2, 0) is 11.3 Å². The summed E-state index contributed by atoms with van der Waals surface area (Å²) in [7, 11) is 0. The fourth-order valence-corrected chi connectivity index (χ4v) is 3.76. The lowest BCUT2D eigenvalue weighted by molar-refractivity contribution is 0.0532. The zero-order valence-corrected chi connectivity index (χ0v) is 18.3. The summed E-state index contributed by atoms with van der Waals surface area (Å²) >= 11 is 0. The van der Waals surface area contributed by atoms with Crippen LogP contribution in [0.2, 0.25) is 0 Å². The molecule has 1 aliphatic rings. The van der Waals surface area contributed by atoms with Crippen molar-refractivity contribution in [2.24, 2.45) is 4.99 Å². The number of nitrogens with zero attached hydrogens (tertiary/aromatic N) is 2. The van der Waals surface area contributed by atoms with Crippen molar-refractivity contribution in [1.82, 2.24) is 15.5 Å². The van der Waals surface area contributed by atoms with Crippen LogP contribution in [0.25, 0.3) is 11.0 Å². The monoisotopic (exact) mass is 400 g/mol. The highest BCUT2D eigenvalue weighted by molar-refractivity contribution is 5.82. The maximum Gasteiger partial charge on any atom is 0.191 e. The fraction of sp³-hybridized carbons (Fsp3) is 0.609. The lowest BCUT2D eigenvalue weighted by atomic mass is 10.1. The SMILES string of the molecule is CCNC(=NCc1oc2ccccc2c1C)NC1CCN(CCOC(C)C)CC1. The number of ether oxygens (including phenoxy) is 1. The minimum atomic E-state index is 0.309. The van der Waals surface area contributed by atoms with Crippen molar-refractivity contribution in [2.45, 2.75) is 59.2 Å². The third kappa shape index (κ3) is 6.21. The van der Waals surface area contributed by atoms with Crippen molar-refractivity contribution in [2.75, 3.05) is 32.8 Å². The molecule has 2 N–H and O–H groups in total. The van der Waals surface area contributed by atoms with Crippen LogP contribution in [0.3, 0.4) is 0 Å². The van der Waals surface area contributed by atoms with Crippen LogP contribution in [0.4, 0.5) is 0 Å². The van der Waals surface area contributed by atoms with Crippen LogP contribution in [0, 0.1) is 6.92 Å². The highest BCUT2D eigenvalue weighted by Gasteiger charge is 2.20. The second kappa shape index (κ2) is 10.6. The highest BCUT2D eigenvalue weighted by atomic mass is 16.5. The Labute approximate surface area is 174 Å². The molecule has 1 saturated heterocycles. The maximum atomic E-state index is 6.00. The van der Waals surface area contributed by atoms with Crippen LogP contribution in [-0.4, -0.2) is 55.8 Å². The van der Waals surface area contributed by atoms with Crippen LogP contribution >= 0.6 is 0 Å². The smallest absolute Gasteiger partial charge is 0.191 e. The van der Waals surface area contributed by atoms with Gasteiger partial charge in [-0.05, 0) is 46.6 Å². The summed E-state index contributed by atoms with van der Waals surface area (Å²) in [6.07, 6.45) is 2.55. The molecule has 6 heteroatoms. The van der Waals surface area contributed by atoms with E-state index in [1.807, 2.05) is 18.2 Å². The molecule has 2 heterocycles. The summed E-state index contributed by atoms with van der Waals surface area (Å²) in [5, 5.41) is 8.16. The Morgan fingerprint density at radius 3 is 2.72 bits per heavy atom. The zero-order valence-electron chi connectivity index (χ0n) is 18.3. The number of para-hydroxylation sites is 1. The van der Waals surface area contributed by atoms with Crippen molar-refractivity contribution in [3.8, 4) is 0 Å². The first-order valence-corrected chi connectivity index (χ1v) is 10.9. The third-order valence-corrected chi connectivity index (χ3v) is 5.45. The predicted molar refractivity (Wildman–Crippen MR) is 119 cm³/mol. The molecule has 0 atom stereocenters. The maximum absolute atomic E-state index is 6.00. The van der Waals surface area contributed by atoms with Gasteiger partial charge >= 0.3 is 0 Å². The molecule has 2 aromatic rings. The van der Waals surface area contributed by atoms with Gasteiger partial charge in [-0.2, -0.15) is 0 Å². The number of likely N-dealkylation sites (tertiary alicyclic amines) is 1. The van der Waals surface area contributed by atoms with Gasteiger partial charge in [-0.25, -0.2) is 4.99 Å². The summed E-state index contributed by atoms with van der Waals surface area (Å²) in [5.74, 6) is 1.80. The zero-order chi connectivity index (χ0) is 20.6. The van der Waals surface area contributed by atoms with Crippen molar-refractivity contribution < 1.29 is 9.15 Å². The molecule has 160 valence electrons. The summed E-state index contributed by atoms with van der Waals surface area (Å²) in [4.78, 5) is 7.28. The van der Waals surface area contributed by atoms with Gasteiger partial charge in [0.2, 0.25) is 0 Å². The minimum Gasteiger partial charge on any atom is -0.459 e. The van der Waals surface area contributed by atoms with Crippen LogP contribution < -0.4 is 10.6 Å². The normalized spacial score (nSPS) is 16.7. The van der Waals surface area contributed by atoms with E-state index in [0.29, 0.717) is 18.7 Å². The topological polar surface area (TPSA) is 62.0 Å². The molecule has 29 heavy (non-hydrogen) atoms. The summed E-state index contributed by atoms with van der Waals surface area (Å²) in [6, 6.07) is 8.62. The van der Waals surface area contributed by atoms with E-state index in [4.69, 9.17) is 14.1 Å². The number of furan rings is 1. The Morgan fingerprint density at radius 2 is 2.03 bits per heavy atom. The molecular formula is C23H36N4O2. The van der Waals surface area contributed by atoms with E-state index in [9.17, 15) is 0 Å². The average molecular weight is 401 g/mol. The first kappa shape index (κ1) is 21.7. The summed E-state index contributed by atoms with van der Waals surface area (Å²) < 4.78 is 11.7. The molecule has 0 amide bonds. The van der Waals surface area contributed by atoms with Crippen molar-refractivity contribution >= 4 is 16.9 Å². The molecule has 0 spiro atoms. The summed E-state index contributed by atoms with van der Waals surface area (Å²) in [6.45, 7) is 13.8. The van der Waals surface area contributed by atoms with E-state index in [-0.39, 0.29) is 0 Å². The summed E-state index contributed by atoms with van der Waals surface area (Å²) in [5.41, 5.74) is 2.11. The van der Waals surface area contributed by atoms with Crippen molar-refractivity contribution in [1.29, 1.82) is 0 Å². The van der Waals surface area contributed by atoms with Gasteiger partial charge < -0.3 is 24.7 Å². The number of rotatable bonds is 8. The fourth-order valence-electron chi connectivity index (χ4n) is 3.76. The third-order valence-electron chi connectivity index (χ3n) is 5.45. The molecule has 3 rings (SSSR count). The van der Waals surface area contributed by atoms with E-state index in [0.717, 1.165) is 62.9 Å². The lowest BCUT2D eigenvalue weighted by Gasteiger charge is -2.33. The number of nitrogens with one attached hydrogen (secondary N) is 2. The second-order valence-corrected chi connectivity index (χ2v) is 8.02. The van der Waals surface area contributed by atoms with Gasteiger partial charge in [0.15, 0.2) is 5.96 Å². The van der Waals surface area contributed by atoms with Gasteiger partial charge in [-0.1, -0.05) is 18.2 Å². The molecule has 1 aromatic carbocycles. The van der Waals surface area contributed by atoms with E-state index in [1.54, 1.807) is 0 Å². The first-order valence-electron chi connectivity index (χ1n) is 10.9. The molecule has 0 bridgehead atoms. The standard InChI is InChI=1S/C23H36N4O2/c1-5-24-23(25-16-22-18(4)20-8-6-7-9-21(20)29-22)26-19-10-12-27(13-11-19)14-15-28-17(2)3/h6-9,17,19H,5,10-16H2,1-4H3,(H2,24,25,26). The van der Waals surface area contributed by atoms with Crippen molar-refractivity contribution in [3.05, 3.63) is 35.6 Å². The highest BCUT2D eigenvalue weighted by Crippen LogP contribution is 2.25. The molecule has 1 aromatic heterocycles. The molecule has 1 fully saturated rings. The number of aliphatic imine (C=N–C) groups is 1. The average Bonchev–Trinajstić information content (AvgIpc) is 3.03. The number of aryl methyl sites for hydroxylation is 1. The number of guanidine groups is 1. The van der Waals surface area contributed by atoms with Crippen LogP contribution in [0.1, 0.15) is 44.9 Å². The van der Waals surface area contributed by atoms with Gasteiger partial charge in [-0.3, -0.25) is 0 Å². The predicted octanol–water partition coefficient (Wildman–Crippen LogP) is 3.69. The number of piperidine rings is 1. The Kier molecular flexibility index (Phi) is 7.95. The van der Waals surface area contributed by atoms with Gasteiger partial charge in [0.05, 0.1) is 12.7 Å². The van der Waals surface area contributed by atoms with Crippen molar-refractivity contribution in [3.63, 3.8) is 0 Å². The molecule has 0 aliphatic carbocycles. The lowest BCUT2D eigenvalue weighted by Crippen LogP contribution is -2.49. The van der Waals surface area contributed by atoms with Gasteiger partial charge in [-0.15, -0.1) is 0 Å². The van der Waals surface area contributed by atoms with Gasteiger partial charge in [0.1, 0.15) is 17.9 Å². The van der Waals surface area contributed by atoms with E-state index in [2.05, 4.69) is 49.3 Å². The van der Waals surface area contributed by atoms with Gasteiger partial charge in [0, 0.05) is 43.2 Å². The largest absolute Gasteiger partial charge is 0.459 e. The Balaban J connectivity index is 1.53. The number of hydrogen-bond acceptors (Lipinski definition) is 4. The molecular weight excluding hydrogens is 364 g/mol. The Hall–Kier alpha value is -2.05. The van der Waals surface area contributed by atoms with Gasteiger partial charge in [0.25, 0.3) is 0 Å². The number of hydrogen-bond donors (Lipinski definition) is 2. The number of fused-ring (bicyclic) bond motifs is 1. The molecule has 0 saturated carbocycles. The Morgan fingerprint density at radius 1 is 1.28 bits per heavy atom. The van der Waals surface area contributed by atoms with E-state index in [1.165, 1.54) is 10.9 Å². The second-order valence-electron chi connectivity index (χ2n) is 8.02.